The molecule has 4 aromatic carbocycles. The van der Waals surface area contributed by atoms with Gasteiger partial charge >= 0.3 is 0 Å². The number of hydrogen-bond acceptors (Lipinski definition) is 1. The van der Waals surface area contributed by atoms with Gasteiger partial charge in [-0.3, -0.25) is 0 Å². The second-order valence-corrected chi connectivity index (χ2v) is 14.9. The molecule has 3 heteroatoms. The Balaban J connectivity index is 1.62. The molecule has 0 bridgehead atoms. The number of rotatable bonds is 10. The first kappa shape index (κ1) is 22.3. The van der Waals surface area contributed by atoms with E-state index in [1.807, 2.05) is 0 Å². The fraction of sp³-hybridized carbons (Fsp3) is 0.172. The number of hydrogen-bond donors (Lipinski definition) is 0. The van der Waals surface area contributed by atoms with Crippen molar-refractivity contribution < 1.29 is 4.74 Å². The normalized spacial score (nSPS) is 12.3. The summed E-state index contributed by atoms with van der Waals surface area (Å²) in [4.78, 5) is 0. The molecule has 0 amide bonds. The van der Waals surface area contributed by atoms with E-state index in [1.165, 1.54) is 24.8 Å². The summed E-state index contributed by atoms with van der Waals surface area (Å²) in [7, 11) is -0.0572. The van der Waals surface area contributed by atoms with Gasteiger partial charge in [0.15, 0.2) is 0 Å². The lowest BCUT2D eigenvalue weighted by atomic mass is 10.1. The summed E-state index contributed by atoms with van der Waals surface area (Å²) in [5, 5.41) is 5.48. The molecule has 0 fully saturated rings. The average molecular weight is 453 g/mol. The van der Waals surface area contributed by atoms with Crippen LogP contribution in [0.1, 0.15) is 18.4 Å². The van der Waals surface area contributed by atoms with Crippen molar-refractivity contribution in [3.63, 3.8) is 0 Å². The highest BCUT2D eigenvalue weighted by molar-refractivity contribution is 6.93. The second-order valence-electron chi connectivity index (χ2n) is 8.49. The zero-order valence-electron chi connectivity index (χ0n) is 18.9. The Labute approximate surface area is 196 Å². The van der Waals surface area contributed by atoms with Gasteiger partial charge in [0.05, 0.1) is 16.6 Å². The summed E-state index contributed by atoms with van der Waals surface area (Å²) in [6.07, 6.45) is 3.72. The van der Waals surface area contributed by atoms with E-state index in [1.54, 1.807) is 22.7 Å². The Kier molecular flexibility index (Phi) is 8.13. The van der Waals surface area contributed by atoms with Crippen LogP contribution in [0.15, 0.2) is 115 Å². The van der Waals surface area contributed by atoms with E-state index in [0.29, 0.717) is 0 Å². The van der Waals surface area contributed by atoms with Crippen LogP contribution in [0.4, 0.5) is 0 Å². The molecule has 162 valence electrons. The topological polar surface area (TPSA) is 9.23 Å². The Morgan fingerprint density at radius 3 is 1.75 bits per heavy atom. The summed E-state index contributed by atoms with van der Waals surface area (Å²) in [6, 6.07) is 42.5. The lowest BCUT2D eigenvalue weighted by Gasteiger charge is -2.27. The lowest BCUT2D eigenvalue weighted by molar-refractivity contribution is 0.415. The molecule has 0 aliphatic carbocycles. The van der Waals surface area contributed by atoms with Gasteiger partial charge in [-0.05, 0) is 35.7 Å². The molecule has 0 saturated heterocycles. The van der Waals surface area contributed by atoms with Crippen LogP contribution < -0.4 is 20.3 Å². The molecular weight excluding hydrogens is 420 g/mol. The van der Waals surface area contributed by atoms with Crippen molar-refractivity contribution in [1.29, 1.82) is 0 Å². The first-order valence-corrected chi connectivity index (χ1v) is 14.9. The van der Waals surface area contributed by atoms with Crippen molar-refractivity contribution >= 4 is 33.9 Å². The van der Waals surface area contributed by atoms with Crippen LogP contribution in [0.2, 0.25) is 5.16 Å². The molecule has 0 aromatic heterocycles. The van der Waals surface area contributed by atoms with E-state index < -0.39 is 18.3 Å². The molecule has 0 spiro atoms. The summed E-state index contributed by atoms with van der Waals surface area (Å²) in [5.74, 6) is 0.947. The van der Waals surface area contributed by atoms with Gasteiger partial charge < -0.3 is 4.74 Å². The number of ether oxygens (including phenoxy) is 1. The van der Waals surface area contributed by atoms with Gasteiger partial charge in [-0.1, -0.05) is 125 Å². The first-order valence-electron chi connectivity index (χ1n) is 11.6. The van der Waals surface area contributed by atoms with E-state index in [9.17, 15) is 0 Å². The van der Waals surface area contributed by atoms with Gasteiger partial charge in [-0.25, -0.2) is 0 Å². The van der Waals surface area contributed by atoms with Crippen molar-refractivity contribution in [3.05, 3.63) is 121 Å². The quantitative estimate of drug-likeness (QED) is 0.332. The molecule has 0 heterocycles. The van der Waals surface area contributed by atoms with E-state index in [-0.39, 0.29) is 0 Å². The summed E-state index contributed by atoms with van der Waals surface area (Å²) >= 11 is 0. The van der Waals surface area contributed by atoms with Crippen LogP contribution in [-0.4, -0.2) is 25.4 Å². The standard InChI is InChI=1S/C29H32OSi2/c1-30-25-20-22-26(23-21-25)31-29(19-11-14-24-12-5-2-6-13-24)32(27-15-7-3-8-16-27)28-17-9-4-10-18-28/h2-10,12-13,15-18,20-23,29,32H,11,14,19,31H2,1H3/t29-/m1/s1. The molecular formula is C29H32OSi2. The van der Waals surface area contributed by atoms with Crippen LogP contribution in [-0.2, 0) is 6.42 Å². The Morgan fingerprint density at radius 1 is 0.688 bits per heavy atom. The molecule has 0 unspecified atom stereocenters. The maximum atomic E-state index is 5.40. The minimum Gasteiger partial charge on any atom is -0.497 e. The molecule has 0 N–H and O–H groups in total. The van der Waals surface area contributed by atoms with Gasteiger partial charge in [0.1, 0.15) is 14.5 Å². The highest BCUT2D eigenvalue weighted by Crippen LogP contribution is 2.20. The number of methoxy groups -OCH3 is 1. The van der Waals surface area contributed by atoms with Crippen molar-refractivity contribution in [2.24, 2.45) is 0 Å². The largest absolute Gasteiger partial charge is 0.497 e. The predicted octanol–water partition coefficient (Wildman–Crippen LogP) is 3.88. The van der Waals surface area contributed by atoms with Gasteiger partial charge in [0.2, 0.25) is 0 Å². The van der Waals surface area contributed by atoms with Gasteiger partial charge in [-0.2, -0.15) is 0 Å². The third-order valence-electron chi connectivity index (χ3n) is 6.33. The highest BCUT2D eigenvalue weighted by atomic mass is 28.3. The minimum atomic E-state index is -1.35. The smallest absolute Gasteiger partial charge is 0.118 e. The van der Waals surface area contributed by atoms with Crippen molar-refractivity contribution in [3.8, 4) is 5.75 Å². The monoisotopic (exact) mass is 452 g/mol. The second kappa shape index (κ2) is 11.7. The molecule has 4 rings (SSSR count). The van der Waals surface area contributed by atoms with Crippen molar-refractivity contribution in [2.45, 2.75) is 24.4 Å². The zero-order chi connectivity index (χ0) is 22.0. The summed E-state index contributed by atoms with van der Waals surface area (Å²) in [6.45, 7) is 0. The van der Waals surface area contributed by atoms with Crippen molar-refractivity contribution in [2.75, 3.05) is 7.11 Å². The Bertz CT molecular complexity index is 1010. The van der Waals surface area contributed by atoms with Crippen LogP contribution in [0, 0.1) is 0 Å². The van der Waals surface area contributed by atoms with Crippen LogP contribution in [0.5, 0.6) is 5.75 Å². The van der Waals surface area contributed by atoms with E-state index in [4.69, 9.17) is 4.74 Å². The van der Waals surface area contributed by atoms with E-state index in [0.717, 1.165) is 10.9 Å². The lowest BCUT2D eigenvalue weighted by Crippen LogP contribution is -2.49. The fourth-order valence-electron chi connectivity index (χ4n) is 4.72. The predicted molar refractivity (Wildman–Crippen MR) is 144 cm³/mol. The molecule has 0 aliphatic heterocycles. The highest BCUT2D eigenvalue weighted by Gasteiger charge is 2.27. The van der Waals surface area contributed by atoms with E-state index in [2.05, 4.69) is 115 Å². The Hall–Kier alpha value is -2.89. The minimum absolute atomic E-state index is 0.450. The van der Waals surface area contributed by atoms with Crippen LogP contribution >= 0.6 is 0 Å². The van der Waals surface area contributed by atoms with Gasteiger partial charge in [0, 0.05) is 0 Å². The molecule has 0 aliphatic rings. The average Bonchev–Trinajstić information content (AvgIpc) is 2.86. The van der Waals surface area contributed by atoms with E-state index >= 15 is 0 Å². The van der Waals surface area contributed by atoms with Gasteiger partial charge in [-0.15, -0.1) is 0 Å². The maximum absolute atomic E-state index is 5.40. The first-order chi connectivity index (χ1) is 15.8. The number of aryl methyl sites for hydroxylation is 1. The van der Waals surface area contributed by atoms with Crippen molar-refractivity contribution in [1.82, 2.24) is 0 Å². The van der Waals surface area contributed by atoms with Gasteiger partial charge in [0.25, 0.3) is 0 Å². The molecule has 1 atom stereocenters. The zero-order valence-corrected chi connectivity index (χ0v) is 21.4. The molecule has 0 radical (unpaired) electrons. The maximum Gasteiger partial charge on any atom is 0.118 e. The molecule has 0 saturated carbocycles. The fourth-order valence-corrected chi connectivity index (χ4v) is 13.0. The summed E-state index contributed by atoms with van der Waals surface area (Å²) < 4.78 is 5.40. The van der Waals surface area contributed by atoms with Crippen LogP contribution in [0.25, 0.3) is 0 Å². The SMILES string of the molecule is COc1ccc([SiH2][C@@H](CCCc2ccccc2)[SiH](c2ccccc2)c2ccccc2)cc1. The Morgan fingerprint density at radius 2 is 1.22 bits per heavy atom. The molecule has 4 aromatic rings. The molecule has 1 nitrogen and oxygen atoms in total. The third kappa shape index (κ3) is 6.09. The summed E-state index contributed by atoms with van der Waals surface area (Å²) in [5.41, 5.74) is 1.45. The number of benzene rings is 4. The van der Waals surface area contributed by atoms with Crippen LogP contribution in [0.3, 0.4) is 0 Å². The molecule has 32 heavy (non-hydrogen) atoms. The third-order valence-corrected chi connectivity index (χ3v) is 13.8.